The summed E-state index contributed by atoms with van der Waals surface area (Å²) in [5.74, 6) is -11.8. The summed E-state index contributed by atoms with van der Waals surface area (Å²) in [5.41, 5.74) is -0.345. The maximum absolute atomic E-state index is 14.3. The Morgan fingerprint density at radius 1 is 0.312 bits per heavy atom. The van der Waals surface area contributed by atoms with Gasteiger partial charge in [-0.05, 0) is 84.9 Å². The van der Waals surface area contributed by atoms with Crippen LogP contribution in [0.4, 0.5) is 0 Å². The quantitative estimate of drug-likeness (QED) is 0.0120. The van der Waals surface area contributed by atoms with E-state index >= 15 is 0 Å². The highest BCUT2D eigenvalue weighted by molar-refractivity contribution is 5.93. The van der Waals surface area contributed by atoms with Gasteiger partial charge in [-0.25, -0.2) is 38.8 Å². The van der Waals surface area contributed by atoms with Gasteiger partial charge in [0, 0.05) is 12.8 Å². The Morgan fingerprint density at radius 3 is 0.875 bits per heavy atom. The molecule has 0 saturated heterocycles. The molecule has 408 valence electrons. The molecule has 7 aromatic rings. The molecule has 19 nitrogen and oxygen atoms in total. The van der Waals surface area contributed by atoms with Gasteiger partial charge in [-0.2, -0.15) is 4.89 Å². The molecule has 3 N–H and O–H groups in total. The highest BCUT2D eigenvalue weighted by Crippen LogP contribution is 2.31. The smallest absolute Gasteiger partial charge is 0.343 e. The lowest BCUT2D eigenvalue weighted by Crippen LogP contribution is -2.36. The Labute approximate surface area is 457 Å². The number of hydrogen-bond acceptors (Lipinski definition) is 19. The van der Waals surface area contributed by atoms with E-state index in [1.807, 2.05) is 0 Å². The molecule has 0 fully saturated rings. The summed E-state index contributed by atoms with van der Waals surface area (Å²) in [4.78, 5) is 102. The number of carbonyl (C=O) groups is 7. The number of rotatable bonds is 25. The van der Waals surface area contributed by atoms with Gasteiger partial charge in [0.1, 0.15) is 6.10 Å². The fraction of sp³-hybridized carbons (Fsp3) is 0.131. The molecule has 0 radical (unpaired) electrons. The minimum atomic E-state index is -2.79. The van der Waals surface area contributed by atoms with Gasteiger partial charge in [-0.1, -0.05) is 127 Å². The zero-order valence-electron chi connectivity index (χ0n) is 42.2. The highest BCUT2D eigenvalue weighted by Gasteiger charge is 2.39. The normalized spacial score (nSPS) is 13.0. The zero-order valence-corrected chi connectivity index (χ0v) is 42.2. The molecule has 4 atom stereocenters. The van der Waals surface area contributed by atoms with E-state index in [1.165, 1.54) is 146 Å². The van der Waals surface area contributed by atoms with Crippen molar-refractivity contribution in [2.24, 2.45) is 0 Å². The van der Waals surface area contributed by atoms with Crippen molar-refractivity contribution < 1.29 is 91.8 Å². The molecule has 0 spiro atoms. The molecule has 4 unspecified atom stereocenters. The average molecular weight is 1090 g/mol. The first-order valence-electron chi connectivity index (χ1n) is 24.5. The van der Waals surface area contributed by atoms with E-state index in [2.05, 4.69) is 4.89 Å². The maximum atomic E-state index is 14.3. The average Bonchev–Trinajstić information content (AvgIpc) is 3.51. The summed E-state index contributed by atoms with van der Waals surface area (Å²) in [5, 5.41) is 34.0. The predicted molar refractivity (Wildman–Crippen MR) is 280 cm³/mol. The van der Waals surface area contributed by atoms with E-state index in [0.717, 1.165) is 0 Å². The fourth-order valence-corrected chi connectivity index (χ4v) is 7.30. The Balaban J connectivity index is 1.43. The summed E-state index contributed by atoms with van der Waals surface area (Å²) in [6.45, 7) is -1.28. The molecule has 80 heavy (non-hydrogen) atoms. The number of aliphatic hydroxyl groups is 2. The van der Waals surface area contributed by atoms with Crippen molar-refractivity contribution in [2.75, 3.05) is 13.2 Å². The predicted octanol–water partition coefficient (Wildman–Crippen LogP) is 9.07. The minimum absolute atomic E-state index is 0.0329. The Bertz CT molecular complexity index is 3250. The van der Waals surface area contributed by atoms with Gasteiger partial charge in [0.15, 0.2) is 17.6 Å². The lowest BCUT2D eigenvalue weighted by atomic mass is 10.1. The van der Waals surface area contributed by atoms with Crippen LogP contribution in [-0.2, 0) is 42.8 Å². The largest absolute Gasteiger partial charge is 0.462 e. The van der Waals surface area contributed by atoms with Gasteiger partial charge in [0.25, 0.3) is 6.29 Å². The number of ether oxygens (including phenoxy) is 8. The lowest BCUT2D eigenvalue weighted by Gasteiger charge is -2.29. The highest BCUT2D eigenvalue weighted by atomic mass is 17.1. The molecule has 19 heteroatoms. The van der Waals surface area contributed by atoms with Crippen LogP contribution >= 0.6 is 0 Å². The van der Waals surface area contributed by atoms with Crippen LogP contribution in [0.5, 0.6) is 0 Å². The van der Waals surface area contributed by atoms with Gasteiger partial charge in [-0.3, -0.25) is 0 Å². The van der Waals surface area contributed by atoms with E-state index in [1.54, 1.807) is 66.7 Å². The maximum Gasteiger partial charge on any atom is 0.343 e. The minimum Gasteiger partial charge on any atom is -0.462 e. The van der Waals surface area contributed by atoms with Gasteiger partial charge in [0.05, 0.1) is 52.2 Å². The third kappa shape index (κ3) is 16.6. The second-order valence-corrected chi connectivity index (χ2v) is 16.8. The molecule has 0 aliphatic carbocycles. The van der Waals surface area contributed by atoms with Gasteiger partial charge in [0.2, 0.25) is 17.8 Å². The number of carbonyl (C=O) groups excluding carboxylic acids is 7. The van der Waals surface area contributed by atoms with Crippen LogP contribution in [0.2, 0.25) is 0 Å². The number of aliphatic hydroxyl groups excluding tert-OH is 2. The number of benzene rings is 7. The summed E-state index contributed by atoms with van der Waals surface area (Å²) < 4.78 is 46.8. The van der Waals surface area contributed by atoms with Crippen molar-refractivity contribution in [3.63, 3.8) is 0 Å². The van der Waals surface area contributed by atoms with Gasteiger partial charge < -0.3 is 48.1 Å². The molecule has 0 aliphatic heterocycles. The van der Waals surface area contributed by atoms with E-state index < -0.39 is 116 Å². The monoisotopic (exact) mass is 1090 g/mol. The topological polar surface area (TPSA) is 263 Å². The van der Waals surface area contributed by atoms with Crippen molar-refractivity contribution in [1.29, 1.82) is 0 Å². The van der Waals surface area contributed by atoms with E-state index in [-0.39, 0.29) is 38.9 Å². The van der Waals surface area contributed by atoms with Crippen molar-refractivity contribution >= 4 is 41.8 Å². The fourth-order valence-electron chi connectivity index (χ4n) is 7.30. The Kier molecular flexibility index (Phi) is 21.4. The third-order valence-electron chi connectivity index (χ3n) is 11.3. The SMILES string of the molecule is O=C(OCCC(OC(=O)c1ccccc1)/C(OC(=O)c1ccccc1)=C(/OC(=O)c1ccccc1)C(O)OC(CCOC(=O)c1ccccc1)/C(OC(=O)c1ccccc1)=C(/OC(=O)c1ccccc1)C(O)OO)c1ccccc1. The number of esters is 7. The standard InChI is InChI=1S/C61H50O19/c62-53(40-22-8-1-9-23-40)72-38-36-47(74-55(64)42-26-12-3-13-27-42)49(76-56(65)43-28-14-4-15-29-43)51(78-58(67)45-32-18-6-19-33-45)60(69)75-48(37-39-73-54(63)41-24-10-2-11-25-41)50(77-57(66)44-30-16-5-17-31-44)52(61(70)80-71)79-59(68)46-34-20-7-21-35-46/h1-35,47-48,60-61,69-71H,36-39H2/b51-49-,52-50-. The summed E-state index contributed by atoms with van der Waals surface area (Å²) >= 11 is 0. The molecular formula is C61H50O19. The molecule has 7 aromatic carbocycles. The lowest BCUT2D eigenvalue weighted by molar-refractivity contribution is -0.328. The van der Waals surface area contributed by atoms with Crippen molar-refractivity contribution in [1.82, 2.24) is 0 Å². The van der Waals surface area contributed by atoms with Crippen LogP contribution in [0.1, 0.15) is 85.3 Å². The second kappa shape index (κ2) is 29.6. The third-order valence-corrected chi connectivity index (χ3v) is 11.3. The van der Waals surface area contributed by atoms with Crippen molar-refractivity contribution in [3.8, 4) is 0 Å². The zero-order chi connectivity index (χ0) is 56.6. The summed E-state index contributed by atoms with van der Waals surface area (Å²) in [7, 11) is 0. The van der Waals surface area contributed by atoms with E-state index in [0.29, 0.717) is 0 Å². The first-order valence-corrected chi connectivity index (χ1v) is 24.5. The van der Waals surface area contributed by atoms with Crippen LogP contribution in [-0.4, -0.2) is 95.3 Å². The molecule has 0 aliphatic rings. The Morgan fingerprint density at radius 2 is 0.562 bits per heavy atom. The number of hydrogen-bond donors (Lipinski definition) is 3. The Hall–Kier alpha value is -9.89. The first kappa shape index (κ1) is 57.8. The summed E-state index contributed by atoms with van der Waals surface area (Å²) in [6, 6.07) is 51.8. The van der Waals surface area contributed by atoms with Crippen molar-refractivity contribution in [2.45, 2.75) is 37.6 Å². The van der Waals surface area contributed by atoms with Crippen LogP contribution in [0.25, 0.3) is 0 Å². The van der Waals surface area contributed by atoms with Crippen LogP contribution in [0.15, 0.2) is 235 Å². The molecule has 0 bridgehead atoms. The van der Waals surface area contributed by atoms with Gasteiger partial charge in [-0.15, -0.1) is 0 Å². The molecule has 0 heterocycles. The van der Waals surface area contributed by atoms with Crippen LogP contribution in [0, 0.1) is 0 Å². The van der Waals surface area contributed by atoms with E-state index in [9.17, 15) is 49.0 Å². The molecule has 7 rings (SSSR count). The van der Waals surface area contributed by atoms with E-state index in [4.69, 9.17) is 37.9 Å². The molecule has 0 aromatic heterocycles. The molecule has 0 amide bonds. The molecule has 0 saturated carbocycles. The summed E-state index contributed by atoms with van der Waals surface area (Å²) in [6.07, 6.45) is -10.9. The first-order chi connectivity index (χ1) is 38.9. The molecular weight excluding hydrogens is 1040 g/mol. The van der Waals surface area contributed by atoms with Crippen LogP contribution in [0.3, 0.4) is 0 Å². The van der Waals surface area contributed by atoms with Crippen molar-refractivity contribution in [3.05, 3.63) is 274 Å². The van der Waals surface area contributed by atoms with Gasteiger partial charge >= 0.3 is 41.8 Å². The second-order valence-electron chi connectivity index (χ2n) is 16.8. The van der Waals surface area contributed by atoms with Crippen LogP contribution < -0.4 is 0 Å².